The molecule has 1 amide bonds. The zero-order valence-electron chi connectivity index (χ0n) is 11.7. The van der Waals surface area contributed by atoms with E-state index in [0.29, 0.717) is 10.7 Å². The number of nitrogens with zero attached hydrogens (tertiary/aromatic N) is 1. The number of aromatic nitrogens is 1. The van der Waals surface area contributed by atoms with Crippen molar-refractivity contribution in [2.75, 3.05) is 0 Å². The average Bonchev–Trinajstić information content (AvgIpc) is 2.38. The van der Waals surface area contributed by atoms with Gasteiger partial charge in [0.15, 0.2) is 0 Å². The summed E-state index contributed by atoms with van der Waals surface area (Å²) < 4.78 is 7.59. The maximum Gasteiger partial charge on any atom is 0.204 e. The molecule has 0 unspecified atom stereocenters. The van der Waals surface area contributed by atoms with E-state index >= 15 is 0 Å². The van der Waals surface area contributed by atoms with E-state index < -0.39 is 0 Å². The SMILES string of the molecule is [3H]c1c[c-]c[c-]c1C(=O)NCc1ncc(C)cc1Cl.[U].[V]. The van der Waals surface area contributed by atoms with Crippen LogP contribution in [-0.2, 0) is 25.1 Å². The van der Waals surface area contributed by atoms with Crippen LogP contribution in [0.2, 0.25) is 5.02 Å². The number of benzene rings is 1. The number of hydrogen-bond acceptors (Lipinski definition) is 2. The Morgan fingerprint density at radius 1 is 1.60 bits per heavy atom. The van der Waals surface area contributed by atoms with Gasteiger partial charge in [0.1, 0.15) is 0 Å². The molecule has 1 aromatic heterocycles. The standard InChI is InChI=1S/C14H11ClN2O.U.V/c1-10-7-12(15)13(16-8-10)9-17-14(18)11-5-3-2-4-6-11;;/h3-5,7-8H,9H2,1H3,(H,17,18);;/q-2;;/i5T;;. The number of aryl methyl sites for hydroxylation is 1. The van der Waals surface area contributed by atoms with E-state index in [9.17, 15) is 4.79 Å². The molecule has 0 aliphatic heterocycles. The van der Waals surface area contributed by atoms with Gasteiger partial charge >= 0.3 is 0 Å². The van der Waals surface area contributed by atoms with E-state index in [1.807, 2.05) is 6.92 Å². The monoisotopic (exact) mass is 549 g/mol. The maximum atomic E-state index is 11.9. The fourth-order valence-corrected chi connectivity index (χ4v) is 1.67. The van der Waals surface area contributed by atoms with Crippen molar-refractivity contribution in [2.24, 2.45) is 0 Å². The van der Waals surface area contributed by atoms with Gasteiger partial charge in [-0.05, 0) is 18.6 Å². The zero-order valence-corrected chi connectivity index (χ0v) is 17.0. The van der Waals surface area contributed by atoms with Gasteiger partial charge in [-0.2, -0.15) is 5.56 Å². The van der Waals surface area contributed by atoms with E-state index in [1.165, 1.54) is 12.1 Å². The number of carbonyl (C=O) groups is 1. The minimum atomic E-state index is -0.377. The van der Waals surface area contributed by atoms with E-state index in [4.69, 9.17) is 13.0 Å². The van der Waals surface area contributed by atoms with Crippen LogP contribution in [0.5, 0.6) is 0 Å². The first kappa shape index (κ1) is 17.8. The van der Waals surface area contributed by atoms with Gasteiger partial charge in [-0.15, -0.1) is 1.37 Å². The van der Waals surface area contributed by atoms with Crippen LogP contribution in [0.1, 0.15) is 23.0 Å². The van der Waals surface area contributed by atoms with Crippen molar-refractivity contribution in [3.8, 4) is 0 Å². The van der Waals surface area contributed by atoms with Crippen LogP contribution >= 0.6 is 11.6 Å². The Morgan fingerprint density at radius 3 is 3.00 bits per heavy atom. The van der Waals surface area contributed by atoms with Crippen LogP contribution in [0, 0.1) is 50.2 Å². The van der Waals surface area contributed by atoms with Gasteiger partial charge in [-0.1, -0.05) is 11.6 Å². The summed E-state index contributed by atoms with van der Waals surface area (Å²) in [5, 5.41) is 3.18. The van der Waals surface area contributed by atoms with E-state index in [2.05, 4.69) is 22.4 Å². The predicted molar refractivity (Wildman–Crippen MR) is 69.3 cm³/mol. The first-order valence-corrected chi connectivity index (χ1v) is 5.73. The van der Waals surface area contributed by atoms with Gasteiger partial charge in [-0.3, -0.25) is 21.9 Å². The number of pyridine rings is 1. The first-order chi connectivity index (χ1) is 9.08. The molecule has 20 heavy (non-hydrogen) atoms. The second-order valence-electron chi connectivity index (χ2n) is 3.74. The summed E-state index contributed by atoms with van der Waals surface area (Å²) in [6.45, 7) is 2.10. The Bertz CT molecular complexity index is 628. The maximum absolute atomic E-state index is 11.9. The third kappa shape index (κ3) is 5.64. The molecule has 0 atom stereocenters. The van der Waals surface area contributed by atoms with E-state index in [0.717, 1.165) is 5.56 Å². The normalized spacial score (nSPS) is 9.80. The minimum Gasteiger partial charge on any atom is -0.359 e. The second-order valence-corrected chi connectivity index (χ2v) is 4.15. The van der Waals surface area contributed by atoms with E-state index in [-0.39, 0.29) is 73.7 Å². The van der Waals surface area contributed by atoms with Crippen LogP contribution in [0.25, 0.3) is 0 Å². The molecule has 0 aliphatic carbocycles. The van der Waals surface area contributed by atoms with Crippen molar-refractivity contribution >= 4 is 17.5 Å². The molecule has 1 heterocycles. The predicted octanol–water partition coefficient (Wildman–Crippen LogP) is 2.57. The van der Waals surface area contributed by atoms with Crippen LogP contribution in [0.4, 0.5) is 0 Å². The topological polar surface area (TPSA) is 42.0 Å². The van der Waals surface area contributed by atoms with Gasteiger partial charge in [0, 0.05) is 55.9 Å². The fraction of sp³-hybridized carbons (Fsp3) is 0.143. The summed E-state index contributed by atoms with van der Waals surface area (Å²) in [5.74, 6) is -0.377. The number of carbonyl (C=O) groups excluding carboxylic acids is 1. The molecule has 1 N–H and O–H groups in total. The van der Waals surface area contributed by atoms with Gasteiger partial charge in [0.25, 0.3) is 0 Å². The van der Waals surface area contributed by atoms with Gasteiger partial charge in [-0.25, -0.2) is 0 Å². The molecule has 101 valence electrons. The number of amides is 1. The molecule has 0 fully saturated rings. The van der Waals surface area contributed by atoms with Gasteiger partial charge in [0.05, 0.1) is 17.3 Å². The van der Waals surface area contributed by atoms with Crippen molar-refractivity contribution < 1.29 is 55.8 Å². The summed E-state index contributed by atoms with van der Waals surface area (Å²) in [7, 11) is 0. The molecule has 2 rings (SSSR count). The molecule has 0 aliphatic rings. The number of hydrogen-bond donors (Lipinski definition) is 1. The third-order valence-corrected chi connectivity index (χ3v) is 2.62. The zero-order chi connectivity index (χ0) is 13.8. The Hall–Kier alpha value is -0.234. The quantitative estimate of drug-likeness (QED) is 0.599. The smallest absolute Gasteiger partial charge is 0.204 e. The first-order valence-electron chi connectivity index (χ1n) is 5.85. The molecule has 0 saturated heterocycles. The van der Waals surface area contributed by atoms with E-state index in [1.54, 1.807) is 12.3 Å². The van der Waals surface area contributed by atoms with Crippen molar-refractivity contribution in [3.05, 3.63) is 64.4 Å². The summed E-state index contributed by atoms with van der Waals surface area (Å²) in [6.07, 6.45) is 1.69. The molecule has 1 radical (unpaired) electrons. The minimum absolute atomic E-state index is 0. The number of halogens is 1. The molecule has 1 aromatic carbocycles. The summed E-state index contributed by atoms with van der Waals surface area (Å²) in [4.78, 5) is 16.0. The van der Waals surface area contributed by atoms with Crippen molar-refractivity contribution in [1.29, 1.82) is 0 Å². The van der Waals surface area contributed by atoms with Crippen molar-refractivity contribution in [1.82, 2.24) is 10.3 Å². The molecule has 2 aromatic rings. The van der Waals surface area contributed by atoms with Crippen LogP contribution < -0.4 is 5.32 Å². The largest absolute Gasteiger partial charge is 0.359 e. The van der Waals surface area contributed by atoms with Gasteiger partial charge < -0.3 is 23.5 Å². The Kier molecular flexibility index (Phi) is 8.60. The summed E-state index contributed by atoms with van der Waals surface area (Å²) >= 11 is 6.03. The summed E-state index contributed by atoms with van der Waals surface area (Å²) in [5.41, 5.74) is 1.73. The molecular formula is C14H11ClN2OUV-2. The Labute approximate surface area is 160 Å². The van der Waals surface area contributed by atoms with Crippen molar-refractivity contribution in [2.45, 2.75) is 13.5 Å². The molecule has 0 bridgehead atoms. The van der Waals surface area contributed by atoms with Crippen molar-refractivity contribution in [3.63, 3.8) is 0 Å². The average molecular weight is 550 g/mol. The molecule has 6 heteroatoms. The molecule has 0 spiro atoms. The van der Waals surface area contributed by atoms with Crippen LogP contribution in [0.3, 0.4) is 0 Å². The second kappa shape index (κ2) is 9.66. The molecule has 0 saturated carbocycles. The molecule has 3 nitrogen and oxygen atoms in total. The number of nitrogens with one attached hydrogen (secondary N) is 1. The Morgan fingerprint density at radius 2 is 2.35 bits per heavy atom. The summed E-state index contributed by atoms with van der Waals surface area (Å²) in [6, 6.07) is 10.1. The number of rotatable bonds is 3. The fourth-order valence-electron chi connectivity index (χ4n) is 1.39. The Balaban J connectivity index is 0.00000200. The molecular weight excluding hydrogens is 537 g/mol. The third-order valence-electron chi connectivity index (χ3n) is 2.30. The van der Waals surface area contributed by atoms with Crippen LogP contribution in [0.15, 0.2) is 30.4 Å². The van der Waals surface area contributed by atoms with Crippen LogP contribution in [-0.4, -0.2) is 10.9 Å². The van der Waals surface area contributed by atoms with Gasteiger partial charge in [0.2, 0.25) is 5.91 Å².